The lowest BCUT2D eigenvalue weighted by Gasteiger charge is -2.25. The number of rotatable bonds is 3. The van der Waals surface area contributed by atoms with Crippen molar-refractivity contribution in [2.24, 2.45) is 5.73 Å². The summed E-state index contributed by atoms with van der Waals surface area (Å²) in [6.45, 7) is 4.22. The Morgan fingerprint density at radius 3 is 2.50 bits per heavy atom. The fourth-order valence-corrected chi connectivity index (χ4v) is 3.03. The maximum absolute atomic E-state index is 6.14. The molecule has 1 aromatic rings. The topological polar surface area (TPSA) is 35.2 Å². The van der Waals surface area contributed by atoms with Crippen molar-refractivity contribution < 1.29 is 4.74 Å². The lowest BCUT2D eigenvalue weighted by atomic mass is 9.86. The van der Waals surface area contributed by atoms with Crippen LogP contribution in [0.15, 0.2) is 16.6 Å². The number of methoxy groups -OCH3 is 1. The van der Waals surface area contributed by atoms with Crippen molar-refractivity contribution >= 4 is 15.9 Å². The molecule has 3 heteroatoms. The van der Waals surface area contributed by atoms with Crippen LogP contribution in [0.2, 0.25) is 0 Å². The van der Waals surface area contributed by atoms with Crippen LogP contribution in [0, 0.1) is 6.92 Å². The van der Waals surface area contributed by atoms with Gasteiger partial charge < -0.3 is 10.5 Å². The molecule has 1 fully saturated rings. The summed E-state index contributed by atoms with van der Waals surface area (Å²) in [5, 5.41) is 0. The first kappa shape index (κ1) is 11.9. The summed E-state index contributed by atoms with van der Waals surface area (Å²) in [5.74, 6) is 0.954. The van der Waals surface area contributed by atoms with Crippen LogP contribution >= 0.6 is 15.9 Å². The van der Waals surface area contributed by atoms with Crippen molar-refractivity contribution in [1.29, 1.82) is 0 Å². The molecule has 0 saturated heterocycles. The third kappa shape index (κ3) is 1.66. The lowest BCUT2D eigenvalue weighted by molar-refractivity contribution is 0.395. The van der Waals surface area contributed by atoms with Crippen LogP contribution in [0.25, 0.3) is 0 Å². The standard InChI is InChI=1S/C13H18BrNO/c1-8-4-5-10(14)12(16-3)11(8)13(6-7-13)9(2)15/h4-5,9H,6-7,15H2,1-3H3. The average molecular weight is 284 g/mol. The zero-order chi connectivity index (χ0) is 11.9. The van der Waals surface area contributed by atoms with Gasteiger partial charge in [0, 0.05) is 17.0 Å². The molecule has 1 unspecified atom stereocenters. The Morgan fingerprint density at radius 2 is 2.06 bits per heavy atom. The zero-order valence-electron chi connectivity index (χ0n) is 10.0. The average Bonchev–Trinajstić information content (AvgIpc) is 3.02. The number of benzene rings is 1. The van der Waals surface area contributed by atoms with Crippen molar-refractivity contribution in [2.45, 2.75) is 38.1 Å². The molecule has 1 aromatic carbocycles. The minimum Gasteiger partial charge on any atom is -0.495 e. The van der Waals surface area contributed by atoms with Gasteiger partial charge in [0.05, 0.1) is 11.6 Å². The highest BCUT2D eigenvalue weighted by Crippen LogP contribution is 2.55. The number of ether oxygens (including phenoxy) is 1. The van der Waals surface area contributed by atoms with Gasteiger partial charge in [0.15, 0.2) is 0 Å². The van der Waals surface area contributed by atoms with Crippen molar-refractivity contribution in [3.05, 3.63) is 27.7 Å². The second kappa shape index (κ2) is 4.04. The normalized spacial score (nSPS) is 19.3. The van der Waals surface area contributed by atoms with Crippen LogP contribution in [-0.4, -0.2) is 13.2 Å². The van der Waals surface area contributed by atoms with Crippen LogP contribution in [0.5, 0.6) is 5.75 Å². The van der Waals surface area contributed by atoms with Crippen molar-refractivity contribution in [3.63, 3.8) is 0 Å². The van der Waals surface area contributed by atoms with Gasteiger partial charge >= 0.3 is 0 Å². The van der Waals surface area contributed by atoms with Crippen LogP contribution in [-0.2, 0) is 5.41 Å². The van der Waals surface area contributed by atoms with Gasteiger partial charge in [0.1, 0.15) is 5.75 Å². The maximum Gasteiger partial charge on any atom is 0.137 e. The van der Waals surface area contributed by atoms with E-state index in [-0.39, 0.29) is 11.5 Å². The quantitative estimate of drug-likeness (QED) is 0.925. The van der Waals surface area contributed by atoms with Crippen LogP contribution < -0.4 is 10.5 Å². The van der Waals surface area contributed by atoms with E-state index >= 15 is 0 Å². The van der Waals surface area contributed by atoms with Gasteiger partial charge in [0.25, 0.3) is 0 Å². The van der Waals surface area contributed by atoms with Crippen LogP contribution in [0.3, 0.4) is 0 Å². The summed E-state index contributed by atoms with van der Waals surface area (Å²) in [4.78, 5) is 0. The molecule has 1 aliphatic carbocycles. The van der Waals surface area contributed by atoms with E-state index in [4.69, 9.17) is 10.5 Å². The molecule has 0 amide bonds. The zero-order valence-corrected chi connectivity index (χ0v) is 11.6. The van der Waals surface area contributed by atoms with Crippen LogP contribution in [0.1, 0.15) is 30.9 Å². The molecule has 88 valence electrons. The predicted molar refractivity (Wildman–Crippen MR) is 70.0 cm³/mol. The molecule has 1 atom stereocenters. The molecule has 0 aromatic heterocycles. The fourth-order valence-electron chi connectivity index (χ4n) is 2.54. The maximum atomic E-state index is 6.14. The minimum atomic E-state index is 0.138. The van der Waals surface area contributed by atoms with Gasteiger partial charge in [-0.15, -0.1) is 0 Å². The Hall–Kier alpha value is -0.540. The van der Waals surface area contributed by atoms with E-state index < -0.39 is 0 Å². The van der Waals surface area contributed by atoms with Gasteiger partial charge in [-0.3, -0.25) is 0 Å². The van der Waals surface area contributed by atoms with Crippen LogP contribution in [0.4, 0.5) is 0 Å². The van der Waals surface area contributed by atoms with Crippen molar-refractivity contribution in [1.82, 2.24) is 0 Å². The molecule has 2 nitrogen and oxygen atoms in total. The van der Waals surface area contributed by atoms with Crippen molar-refractivity contribution in [2.75, 3.05) is 7.11 Å². The van der Waals surface area contributed by atoms with Gasteiger partial charge in [-0.25, -0.2) is 0 Å². The van der Waals surface area contributed by atoms with Gasteiger partial charge in [-0.1, -0.05) is 6.07 Å². The second-order valence-electron chi connectivity index (χ2n) is 4.72. The Morgan fingerprint density at radius 1 is 1.44 bits per heavy atom. The van der Waals surface area contributed by atoms with Gasteiger partial charge in [-0.2, -0.15) is 0 Å². The van der Waals surface area contributed by atoms with E-state index in [1.54, 1.807) is 7.11 Å². The summed E-state index contributed by atoms with van der Waals surface area (Å²) in [5.41, 5.74) is 8.84. The van der Waals surface area contributed by atoms with Gasteiger partial charge in [-0.05, 0) is 54.2 Å². The molecule has 1 aliphatic rings. The van der Waals surface area contributed by atoms with Crippen molar-refractivity contribution in [3.8, 4) is 5.75 Å². The lowest BCUT2D eigenvalue weighted by Crippen LogP contribution is -2.32. The first-order valence-corrected chi connectivity index (χ1v) is 6.41. The predicted octanol–water partition coefficient (Wildman–Crippen LogP) is 3.14. The molecule has 0 spiro atoms. The minimum absolute atomic E-state index is 0.138. The van der Waals surface area contributed by atoms with E-state index in [0.717, 1.165) is 10.2 Å². The summed E-state index contributed by atoms with van der Waals surface area (Å²) >= 11 is 3.55. The SMILES string of the molecule is COc1c(Br)ccc(C)c1C1(C(C)N)CC1. The third-order valence-electron chi connectivity index (χ3n) is 3.68. The number of aryl methyl sites for hydroxylation is 1. The Bertz CT molecular complexity index is 411. The molecule has 16 heavy (non-hydrogen) atoms. The Kier molecular flexibility index (Phi) is 3.01. The first-order chi connectivity index (χ1) is 7.53. The molecule has 0 heterocycles. The van der Waals surface area contributed by atoms with E-state index in [2.05, 4.69) is 35.8 Å². The van der Waals surface area contributed by atoms with E-state index in [1.807, 2.05) is 6.07 Å². The largest absolute Gasteiger partial charge is 0.495 e. The molecule has 0 aliphatic heterocycles. The molecule has 0 radical (unpaired) electrons. The Labute approximate surface area is 105 Å². The molecule has 1 saturated carbocycles. The number of nitrogens with two attached hydrogens (primary N) is 1. The summed E-state index contributed by atoms with van der Waals surface area (Å²) in [7, 11) is 1.72. The number of halogens is 1. The third-order valence-corrected chi connectivity index (χ3v) is 4.30. The highest BCUT2D eigenvalue weighted by Gasteiger charge is 2.50. The molecular formula is C13H18BrNO. The summed E-state index contributed by atoms with van der Waals surface area (Å²) in [6, 6.07) is 4.34. The monoisotopic (exact) mass is 283 g/mol. The van der Waals surface area contributed by atoms with E-state index in [1.165, 1.54) is 24.0 Å². The molecule has 2 rings (SSSR count). The smallest absolute Gasteiger partial charge is 0.137 e. The molecular weight excluding hydrogens is 266 g/mol. The van der Waals surface area contributed by atoms with E-state index in [0.29, 0.717) is 0 Å². The summed E-state index contributed by atoms with van der Waals surface area (Å²) < 4.78 is 6.55. The molecule has 0 bridgehead atoms. The first-order valence-electron chi connectivity index (χ1n) is 5.62. The number of hydrogen-bond acceptors (Lipinski definition) is 2. The fraction of sp³-hybridized carbons (Fsp3) is 0.538. The Balaban J connectivity index is 2.59. The van der Waals surface area contributed by atoms with Gasteiger partial charge in [0.2, 0.25) is 0 Å². The highest BCUT2D eigenvalue weighted by molar-refractivity contribution is 9.10. The van der Waals surface area contributed by atoms with E-state index in [9.17, 15) is 0 Å². The number of hydrogen-bond donors (Lipinski definition) is 1. The highest BCUT2D eigenvalue weighted by atomic mass is 79.9. The second-order valence-corrected chi connectivity index (χ2v) is 5.57. The summed E-state index contributed by atoms with van der Waals surface area (Å²) in [6.07, 6.45) is 2.33. The molecule has 2 N–H and O–H groups in total.